The Kier molecular flexibility index (Phi) is 6.77. The van der Waals surface area contributed by atoms with Gasteiger partial charge in [0.25, 0.3) is 0 Å². The molecule has 3 fully saturated rings. The van der Waals surface area contributed by atoms with Gasteiger partial charge in [0, 0.05) is 30.7 Å². The molecular formula is C32H38N4O4. The first-order valence-corrected chi connectivity index (χ1v) is 14.4. The van der Waals surface area contributed by atoms with Crippen LogP contribution in [0.2, 0.25) is 0 Å². The van der Waals surface area contributed by atoms with Crippen molar-refractivity contribution in [2.75, 3.05) is 5.32 Å². The molecule has 3 aliphatic heterocycles. The summed E-state index contributed by atoms with van der Waals surface area (Å²) in [6.45, 7) is 8.60. The normalized spacial score (nSPS) is 34.1. The molecule has 210 valence electrons. The van der Waals surface area contributed by atoms with E-state index in [1.54, 1.807) is 17.3 Å². The molecule has 8 heteroatoms. The van der Waals surface area contributed by atoms with Gasteiger partial charge in [0.2, 0.25) is 17.7 Å². The van der Waals surface area contributed by atoms with Crippen molar-refractivity contribution in [3.05, 3.63) is 71.6 Å². The Bertz CT molecular complexity index is 1340. The lowest BCUT2D eigenvalue weighted by Gasteiger charge is -2.38. The van der Waals surface area contributed by atoms with Crippen molar-refractivity contribution in [2.24, 2.45) is 23.7 Å². The number of ether oxygens (including phenoxy) is 1. The van der Waals surface area contributed by atoms with Crippen molar-refractivity contribution >= 4 is 23.4 Å². The maximum atomic E-state index is 14.2. The van der Waals surface area contributed by atoms with E-state index >= 15 is 0 Å². The maximum Gasteiger partial charge on any atom is 0.246 e. The molecule has 6 rings (SSSR count). The van der Waals surface area contributed by atoms with E-state index in [2.05, 4.69) is 29.5 Å². The second-order valence-electron chi connectivity index (χ2n) is 12.3. The van der Waals surface area contributed by atoms with Crippen molar-refractivity contribution in [1.82, 2.24) is 15.2 Å². The number of rotatable bonds is 6. The number of aryl methyl sites for hydroxylation is 2. The van der Waals surface area contributed by atoms with E-state index in [1.165, 1.54) is 0 Å². The second kappa shape index (κ2) is 10.1. The molecule has 8 atom stereocenters. The molecule has 0 unspecified atom stereocenters. The Morgan fingerprint density at radius 2 is 1.90 bits per heavy atom. The van der Waals surface area contributed by atoms with Crippen LogP contribution in [0.4, 0.5) is 5.69 Å². The summed E-state index contributed by atoms with van der Waals surface area (Å²) >= 11 is 0. The van der Waals surface area contributed by atoms with Crippen LogP contribution < -0.4 is 10.6 Å². The molecule has 1 spiro atoms. The lowest BCUT2D eigenvalue weighted by molar-refractivity contribution is -0.142. The van der Waals surface area contributed by atoms with E-state index in [0.717, 1.165) is 36.0 Å². The zero-order valence-corrected chi connectivity index (χ0v) is 23.6. The first-order chi connectivity index (χ1) is 19.2. The fraction of sp³-hybridized carbons (Fsp3) is 0.500. The number of amides is 3. The second-order valence-corrected chi connectivity index (χ2v) is 12.3. The first-order valence-electron chi connectivity index (χ1n) is 14.4. The lowest BCUT2D eigenvalue weighted by atomic mass is 9.73. The molecule has 4 aliphatic rings. The van der Waals surface area contributed by atoms with Crippen LogP contribution in [-0.2, 0) is 25.7 Å². The fourth-order valence-electron chi connectivity index (χ4n) is 7.45. The molecule has 4 heterocycles. The highest BCUT2D eigenvalue weighted by Crippen LogP contribution is 2.55. The fourth-order valence-corrected chi connectivity index (χ4v) is 7.45. The molecule has 0 radical (unpaired) electrons. The number of anilines is 1. The van der Waals surface area contributed by atoms with Gasteiger partial charge in [-0.1, -0.05) is 51.0 Å². The van der Waals surface area contributed by atoms with Crippen LogP contribution in [-0.4, -0.2) is 51.4 Å². The molecule has 1 aromatic heterocycles. The van der Waals surface area contributed by atoms with Crippen molar-refractivity contribution in [3.8, 4) is 0 Å². The van der Waals surface area contributed by atoms with Gasteiger partial charge in [-0.3, -0.25) is 19.4 Å². The van der Waals surface area contributed by atoms with Crippen molar-refractivity contribution < 1.29 is 19.1 Å². The average Bonchev–Trinajstić information content (AvgIpc) is 3.54. The van der Waals surface area contributed by atoms with E-state index in [9.17, 15) is 14.4 Å². The van der Waals surface area contributed by atoms with Gasteiger partial charge >= 0.3 is 0 Å². The summed E-state index contributed by atoms with van der Waals surface area (Å²) in [5.41, 5.74) is 2.40. The molecule has 2 aromatic rings. The highest BCUT2D eigenvalue weighted by atomic mass is 16.5. The number of carbonyl (C=O) groups is 3. The molecule has 1 aromatic carbocycles. The number of benzene rings is 1. The molecule has 2 N–H and O–H groups in total. The van der Waals surface area contributed by atoms with Gasteiger partial charge in [-0.2, -0.15) is 0 Å². The number of nitrogens with zero attached hydrogens (tertiary/aromatic N) is 2. The summed E-state index contributed by atoms with van der Waals surface area (Å²) in [5, 5.41) is 6.33. The van der Waals surface area contributed by atoms with Crippen LogP contribution in [0.15, 0.2) is 54.9 Å². The minimum atomic E-state index is -1.19. The third kappa shape index (κ3) is 4.42. The number of hydrogen-bond acceptors (Lipinski definition) is 5. The third-order valence-corrected chi connectivity index (χ3v) is 9.52. The molecule has 40 heavy (non-hydrogen) atoms. The number of hydrogen-bond donors (Lipinski definition) is 2. The monoisotopic (exact) mass is 542 g/mol. The van der Waals surface area contributed by atoms with E-state index in [4.69, 9.17) is 4.74 Å². The van der Waals surface area contributed by atoms with Gasteiger partial charge in [0.1, 0.15) is 11.6 Å². The van der Waals surface area contributed by atoms with Crippen LogP contribution in [0.1, 0.15) is 49.8 Å². The zero-order chi connectivity index (χ0) is 28.2. The quantitative estimate of drug-likeness (QED) is 0.539. The van der Waals surface area contributed by atoms with Crippen molar-refractivity contribution in [3.63, 3.8) is 0 Å². The van der Waals surface area contributed by atoms with Crippen molar-refractivity contribution in [2.45, 2.75) is 77.3 Å². The van der Waals surface area contributed by atoms with E-state index in [1.807, 2.05) is 56.3 Å². The molecule has 2 bridgehead atoms. The molecule has 1 saturated carbocycles. The van der Waals surface area contributed by atoms with E-state index in [-0.39, 0.29) is 30.3 Å². The topological polar surface area (TPSA) is 101 Å². The molecule has 3 amide bonds. The number of fused-ring (bicyclic) bond motifs is 1. The van der Waals surface area contributed by atoms with Crippen LogP contribution in [0.5, 0.6) is 0 Å². The number of aromatic nitrogens is 1. The standard InChI is InChI=1S/C32H38N4O4/c1-18-13-19(2)15-23(14-18)34-29(37)26-25-10-11-32(40-25)27(26)31(39)36(17-22-8-6-12-33-16-22)28(32)30(38)35-24-9-5-7-20(3)21(24)4/h6,8,10-16,20-21,24-28H,5,7,9,17H2,1-4H3,(H,34,37)(H,35,38)/t20-,21-,24+,25-,26+,27-,28-,32-/m0/s1. The van der Waals surface area contributed by atoms with Crippen LogP contribution in [0, 0.1) is 37.5 Å². The van der Waals surface area contributed by atoms with Gasteiger partial charge in [-0.15, -0.1) is 0 Å². The lowest BCUT2D eigenvalue weighted by Crippen LogP contribution is -2.57. The van der Waals surface area contributed by atoms with E-state index in [0.29, 0.717) is 17.5 Å². The van der Waals surface area contributed by atoms with Gasteiger partial charge in [0.05, 0.1) is 17.9 Å². The predicted molar refractivity (Wildman–Crippen MR) is 151 cm³/mol. The van der Waals surface area contributed by atoms with Gasteiger partial charge in [0.15, 0.2) is 0 Å². The number of likely N-dealkylation sites (tertiary alicyclic amines) is 1. The van der Waals surface area contributed by atoms with Gasteiger partial charge < -0.3 is 20.3 Å². The van der Waals surface area contributed by atoms with Crippen molar-refractivity contribution in [1.29, 1.82) is 0 Å². The first kappa shape index (κ1) is 26.7. The summed E-state index contributed by atoms with van der Waals surface area (Å²) in [7, 11) is 0. The number of carbonyl (C=O) groups excluding carboxylic acids is 3. The molecular weight excluding hydrogens is 504 g/mol. The Morgan fingerprint density at radius 1 is 1.12 bits per heavy atom. The van der Waals surface area contributed by atoms with Crippen LogP contribution in [0.25, 0.3) is 0 Å². The van der Waals surface area contributed by atoms with E-state index < -0.39 is 29.6 Å². The summed E-state index contributed by atoms with van der Waals surface area (Å²) in [6, 6.07) is 8.74. The minimum Gasteiger partial charge on any atom is -0.359 e. The molecule has 1 aliphatic carbocycles. The number of pyridine rings is 1. The molecule has 2 saturated heterocycles. The van der Waals surface area contributed by atoms with Gasteiger partial charge in [-0.05, 0) is 67.0 Å². The largest absolute Gasteiger partial charge is 0.359 e. The highest BCUT2D eigenvalue weighted by Gasteiger charge is 2.72. The SMILES string of the molecule is Cc1cc(C)cc(NC(=O)[C@@H]2[C@@H]3C=C[C@]4(O3)[C@@H]2C(=O)N(Cc2cccnc2)[C@H]4C(=O)N[C@@H]2CCC[C@H](C)[C@@H]2C)c1. The Hall–Kier alpha value is -3.52. The summed E-state index contributed by atoms with van der Waals surface area (Å²) < 4.78 is 6.50. The van der Waals surface area contributed by atoms with Crippen LogP contribution in [0.3, 0.4) is 0 Å². The Balaban J connectivity index is 1.33. The Morgan fingerprint density at radius 3 is 2.62 bits per heavy atom. The van der Waals surface area contributed by atoms with Crippen LogP contribution >= 0.6 is 0 Å². The number of nitrogens with one attached hydrogen (secondary N) is 2. The molecule has 8 nitrogen and oxygen atoms in total. The average molecular weight is 543 g/mol. The summed E-state index contributed by atoms with van der Waals surface area (Å²) in [6.07, 6.45) is 9.67. The Labute approximate surface area is 235 Å². The zero-order valence-electron chi connectivity index (χ0n) is 23.6. The summed E-state index contributed by atoms with van der Waals surface area (Å²) in [4.78, 5) is 47.9. The third-order valence-electron chi connectivity index (χ3n) is 9.52. The smallest absolute Gasteiger partial charge is 0.246 e. The highest BCUT2D eigenvalue weighted by molar-refractivity contribution is 6.02. The summed E-state index contributed by atoms with van der Waals surface area (Å²) in [5.74, 6) is -1.39. The van der Waals surface area contributed by atoms with Gasteiger partial charge in [-0.25, -0.2) is 0 Å². The predicted octanol–water partition coefficient (Wildman–Crippen LogP) is 3.93. The minimum absolute atomic E-state index is 0.0354. The maximum absolute atomic E-state index is 14.2.